The van der Waals surface area contributed by atoms with E-state index >= 15 is 0 Å². The van der Waals surface area contributed by atoms with Gasteiger partial charge in [0.05, 0.1) is 0 Å². The Hall–Kier alpha value is -0.780. The number of hydrogen-bond acceptors (Lipinski definition) is 0. The number of allylic oxidation sites excluding steroid dienone is 3. The van der Waals surface area contributed by atoms with Gasteiger partial charge < -0.3 is 0 Å². The van der Waals surface area contributed by atoms with E-state index in [9.17, 15) is 0 Å². The number of unbranched alkanes of at least 4 members (excludes halogenated alkanes) is 6. The minimum Gasteiger partial charge on any atom is -0.103 e. The predicted molar refractivity (Wildman–Crippen MR) is 82.4 cm³/mol. The Morgan fingerprint density at radius 1 is 0.882 bits per heavy atom. The predicted octanol–water partition coefficient (Wildman–Crippen LogP) is 6.31. The first-order chi connectivity index (χ1) is 8.22. The molecule has 0 fully saturated rings. The third kappa shape index (κ3) is 21.1. The topological polar surface area (TPSA) is 0 Å². The molecular formula is C17H32. The summed E-state index contributed by atoms with van der Waals surface area (Å²) in [6.45, 7) is 15.3. The van der Waals surface area contributed by atoms with E-state index in [2.05, 4.69) is 33.6 Å². The molecule has 0 radical (unpaired) electrons. The Balaban J connectivity index is 0. The molecule has 0 spiro atoms. The second-order valence-corrected chi connectivity index (χ2v) is 4.58. The SMILES string of the molecule is C=CCC(C)C=C.C=CCCCCCCCC. The minimum absolute atomic E-state index is 0.595. The van der Waals surface area contributed by atoms with Crippen molar-refractivity contribution in [3.05, 3.63) is 38.0 Å². The molecule has 17 heavy (non-hydrogen) atoms. The molecular weight excluding hydrogens is 204 g/mol. The zero-order chi connectivity index (χ0) is 13.4. The average molecular weight is 236 g/mol. The second-order valence-electron chi connectivity index (χ2n) is 4.58. The normalized spacial score (nSPS) is 10.9. The van der Waals surface area contributed by atoms with Crippen LogP contribution >= 0.6 is 0 Å². The molecule has 0 saturated heterocycles. The summed E-state index contributed by atoms with van der Waals surface area (Å²) >= 11 is 0. The van der Waals surface area contributed by atoms with Crippen LogP contribution < -0.4 is 0 Å². The van der Waals surface area contributed by atoms with Gasteiger partial charge >= 0.3 is 0 Å². The van der Waals surface area contributed by atoms with Crippen LogP contribution in [0.25, 0.3) is 0 Å². The molecule has 0 amide bonds. The van der Waals surface area contributed by atoms with Gasteiger partial charge in [0.15, 0.2) is 0 Å². The summed E-state index contributed by atoms with van der Waals surface area (Å²) in [5.41, 5.74) is 0. The van der Waals surface area contributed by atoms with Crippen molar-refractivity contribution in [2.75, 3.05) is 0 Å². The average Bonchev–Trinajstić information content (AvgIpc) is 2.35. The second kappa shape index (κ2) is 17.6. The van der Waals surface area contributed by atoms with Crippen molar-refractivity contribution in [2.45, 2.75) is 65.2 Å². The van der Waals surface area contributed by atoms with Gasteiger partial charge in [0.1, 0.15) is 0 Å². The van der Waals surface area contributed by atoms with Gasteiger partial charge in [-0.1, -0.05) is 64.2 Å². The molecule has 0 aliphatic rings. The highest BCUT2D eigenvalue weighted by atomic mass is 13.9. The molecule has 0 aromatic rings. The van der Waals surface area contributed by atoms with E-state index in [1.165, 1.54) is 44.9 Å². The lowest BCUT2D eigenvalue weighted by Gasteiger charge is -1.96. The third-order valence-corrected chi connectivity index (χ3v) is 2.70. The fraction of sp³-hybridized carbons (Fsp3) is 0.647. The molecule has 0 aromatic heterocycles. The first-order valence-corrected chi connectivity index (χ1v) is 7.07. The summed E-state index contributed by atoms with van der Waals surface area (Å²) < 4.78 is 0. The van der Waals surface area contributed by atoms with Gasteiger partial charge in [0.25, 0.3) is 0 Å². The molecule has 0 aliphatic heterocycles. The van der Waals surface area contributed by atoms with Crippen molar-refractivity contribution in [3.8, 4) is 0 Å². The molecule has 1 atom stereocenters. The van der Waals surface area contributed by atoms with E-state index in [0.29, 0.717) is 5.92 Å². The van der Waals surface area contributed by atoms with E-state index in [-0.39, 0.29) is 0 Å². The Morgan fingerprint density at radius 2 is 1.47 bits per heavy atom. The Labute approximate surface area is 110 Å². The quantitative estimate of drug-likeness (QED) is 0.308. The zero-order valence-electron chi connectivity index (χ0n) is 12.1. The standard InChI is InChI=1S/C10H20.C7H12/c1-3-5-7-9-10-8-6-4-2;1-4-6-7(3)5-2/h3H,1,4-10H2,2H3;4-5,7H,1-2,6H2,3H3. The lowest BCUT2D eigenvalue weighted by molar-refractivity contribution is 0.611. The van der Waals surface area contributed by atoms with Crippen LogP contribution in [0.5, 0.6) is 0 Å². The van der Waals surface area contributed by atoms with Gasteiger partial charge in [0.2, 0.25) is 0 Å². The van der Waals surface area contributed by atoms with E-state index in [1.54, 1.807) is 0 Å². The molecule has 0 aliphatic carbocycles. The zero-order valence-corrected chi connectivity index (χ0v) is 12.1. The van der Waals surface area contributed by atoms with Crippen LogP contribution in [-0.4, -0.2) is 0 Å². The highest BCUT2D eigenvalue weighted by molar-refractivity contribution is 4.81. The van der Waals surface area contributed by atoms with Gasteiger partial charge in [-0.3, -0.25) is 0 Å². The van der Waals surface area contributed by atoms with Gasteiger partial charge in [0, 0.05) is 0 Å². The van der Waals surface area contributed by atoms with Crippen LogP contribution in [0.3, 0.4) is 0 Å². The third-order valence-electron chi connectivity index (χ3n) is 2.70. The highest BCUT2D eigenvalue weighted by Gasteiger charge is 1.87. The maximum Gasteiger partial charge on any atom is -0.0230 e. The molecule has 0 bridgehead atoms. The summed E-state index contributed by atoms with van der Waals surface area (Å²) in [5.74, 6) is 0.595. The lowest BCUT2D eigenvalue weighted by atomic mass is 10.1. The van der Waals surface area contributed by atoms with Crippen molar-refractivity contribution in [1.29, 1.82) is 0 Å². The van der Waals surface area contributed by atoms with Crippen molar-refractivity contribution < 1.29 is 0 Å². The van der Waals surface area contributed by atoms with Crippen molar-refractivity contribution in [1.82, 2.24) is 0 Å². The van der Waals surface area contributed by atoms with Crippen LogP contribution in [0.4, 0.5) is 0 Å². The fourth-order valence-corrected chi connectivity index (χ4v) is 1.43. The highest BCUT2D eigenvalue weighted by Crippen LogP contribution is 2.06. The molecule has 0 heteroatoms. The molecule has 0 rings (SSSR count). The largest absolute Gasteiger partial charge is 0.103 e. The smallest absolute Gasteiger partial charge is 0.0230 e. The van der Waals surface area contributed by atoms with Crippen LogP contribution in [0.15, 0.2) is 38.0 Å². The van der Waals surface area contributed by atoms with Crippen molar-refractivity contribution in [2.24, 2.45) is 5.92 Å². The van der Waals surface area contributed by atoms with Gasteiger partial charge in [-0.25, -0.2) is 0 Å². The van der Waals surface area contributed by atoms with Crippen LogP contribution in [0.1, 0.15) is 65.2 Å². The van der Waals surface area contributed by atoms with Crippen molar-refractivity contribution in [3.63, 3.8) is 0 Å². The first kappa shape index (κ1) is 18.6. The summed E-state index contributed by atoms with van der Waals surface area (Å²) in [7, 11) is 0. The van der Waals surface area contributed by atoms with Gasteiger partial charge in [-0.2, -0.15) is 0 Å². The fourth-order valence-electron chi connectivity index (χ4n) is 1.43. The van der Waals surface area contributed by atoms with E-state index < -0.39 is 0 Å². The molecule has 0 saturated carbocycles. The summed E-state index contributed by atoms with van der Waals surface area (Å²) in [6.07, 6.45) is 16.4. The molecule has 1 unspecified atom stereocenters. The van der Waals surface area contributed by atoms with Crippen LogP contribution in [-0.2, 0) is 0 Å². The van der Waals surface area contributed by atoms with Crippen molar-refractivity contribution >= 4 is 0 Å². The maximum atomic E-state index is 3.69. The Morgan fingerprint density at radius 3 is 1.88 bits per heavy atom. The Kier molecular flexibility index (Phi) is 19.2. The van der Waals surface area contributed by atoms with E-state index in [0.717, 1.165) is 6.42 Å². The van der Waals surface area contributed by atoms with Gasteiger partial charge in [-0.05, 0) is 25.2 Å². The summed E-state index contributed by atoms with van der Waals surface area (Å²) in [5, 5.41) is 0. The number of hydrogen-bond donors (Lipinski definition) is 0. The maximum absolute atomic E-state index is 3.69. The summed E-state index contributed by atoms with van der Waals surface area (Å²) in [4.78, 5) is 0. The van der Waals surface area contributed by atoms with Gasteiger partial charge in [-0.15, -0.1) is 19.7 Å². The lowest BCUT2D eigenvalue weighted by Crippen LogP contribution is -1.82. The van der Waals surface area contributed by atoms with Crippen LogP contribution in [0, 0.1) is 5.92 Å². The van der Waals surface area contributed by atoms with E-state index in [4.69, 9.17) is 0 Å². The molecule has 100 valence electrons. The van der Waals surface area contributed by atoms with E-state index in [1.807, 2.05) is 18.2 Å². The summed E-state index contributed by atoms with van der Waals surface area (Å²) in [6, 6.07) is 0. The molecule has 0 heterocycles. The number of rotatable bonds is 10. The van der Waals surface area contributed by atoms with Crippen LogP contribution in [0.2, 0.25) is 0 Å². The molecule has 0 aromatic carbocycles. The Bertz CT molecular complexity index is 167. The molecule has 0 nitrogen and oxygen atoms in total. The molecule has 0 N–H and O–H groups in total. The monoisotopic (exact) mass is 236 g/mol. The first-order valence-electron chi connectivity index (χ1n) is 7.07. The minimum atomic E-state index is 0.595.